The molecule has 3 rings (SSSR count). The van der Waals surface area contributed by atoms with Crippen molar-refractivity contribution in [2.75, 3.05) is 13.1 Å². The van der Waals surface area contributed by atoms with Gasteiger partial charge in [0.1, 0.15) is 11.5 Å². The molecule has 2 aromatic carbocycles. The molecule has 1 heterocycles. The summed E-state index contributed by atoms with van der Waals surface area (Å²) in [5.41, 5.74) is 2.10. The minimum absolute atomic E-state index is 0.148. The monoisotopic (exact) mass is 334 g/mol. The molecule has 0 amide bonds. The molecule has 0 aliphatic carbocycles. The van der Waals surface area contributed by atoms with Crippen LogP contribution in [0.15, 0.2) is 70.9 Å². The van der Waals surface area contributed by atoms with E-state index in [2.05, 4.69) is 15.1 Å². The van der Waals surface area contributed by atoms with Crippen LogP contribution in [0.4, 0.5) is 0 Å². The Balaban J connectivity index is 1.55. The lowest BCUT2D eigenvalue weighted by molar-refractivity contribution is 0.473. The van der Waals surface area contributed by atoms with Gasteiger partial charge >= 0.3 is 0 Å². The maximum atomic E-state index is 10.1. The summed E-state index contributed by atoms with van der Waals surface area (Å²) in [6, 6.07) is 14.1. The quantitative estimate of drug-likeness (QED) is 0.537. The van der Waals surface area contributed by atoms with E-state index in [-0.39, 0.29) is 11.5 Å². The molecule has 0 saturated carbocycles. The Morgan fingerprint density at radius 2 is 1.60 bits per heavy atom. The van der Waals surface area contributed by atoms with E-state index in [9.17, 15) is 10.2 Å². The van der Waals surface area contributed by atoms with Gasteiger partial charge < -0.3 is 10.2 Å². The zero-order valence-electron chi connectivity index (χ0n) is 13.5. The van der Waals surface area contributed by atoms with Crippen molar-refractivity contribution in [2.24, 2.45) is 9.98 Å². The summed E-state index contributed by atoms with van der Waals surface area (Å²) < 4.78 is 1.67. The fourth-order valence-electron chi connectivity index (χ4n) is 2.24. The van der Waals surface area contributed by atoms with Crippen LogP contribution in [0.1, 0.15) is 11.1 Å². The Morgan fingerprint density at radius 1 is 0.880 bits per heavy atom. The molecule has 0 radical (unpaired) electrons. The summed E-state index contributed by atoms with van der Waals surface area (Å²) in [5, 5.41) is 23.8. The van der Waals surface area contributed by atoms with E-state index in [1.54, 1.807) is 53.6 Å². The Hall–Kier alpha value is -3.41. The van der Waals surface area contributed by atoms with Gasteiger partial charge in [-0.3, -0.25) is 9.98 Å². The number of phenols is 2. The zero-order chi connectivity index (χ0) is 17.5. The van der Waals surface area contributed by atoms with E-state index in [4.69, 9.17) is 0 Å². The average molecular weight is 334 g/mol. The molecule has 126 valence electrons. The van der Waals surface area contributed by atoms with Crippen molar-refractivity contribution in [1.29, 1.82) is 0 Å². The van der Waals surface area contributed by atoms with Crippen LogP contribution in [0.2, 0.25) is 0 Å². The second-order valence-corrected chi connectivity index (χ2v) is 5.32. The highest BCUT2D eigenvalue weighted by atomic mass is 16.3. The first-order valence-electron chi connectivity index (χ1n) is 7.85. The highest BCUT2D eigenvalue weighted by molar-refractivity contribution is 5.84. The Labute approximate surface area is 145 Å². The first-order chi connectivity index (χ1) is 12.2. The number of phenolic OH excluding ortho intramolecular Hbond substituents is 2. The molecule has 6 nitrogen and oxygen atoms in total. The first-order valence-corrected chi connectivity index (χ1v) is 7.85. The smallest absolute Gasteiger partial charge is 0.126 e. The van der Waals surface area contributed by atoms with Gasteiger partial charge in [-0.1, -0.05) is 12.1 Å². The van der Waals surface area contributed by atoms with Crippen molar-refractivity contribution in [2.45, 2.75) is 0 Å². The molecular weight excluding hydrogens is 316 g/mol. The molecule has 0 fully saturated rings. The Kier molecular flexibility index (Phi) is 5.21. The maximum Gasteiger partial charge on any atom is 0.126 e. The summed E-state index contributed by atoms with van der Waals surface area (Å²) >= 11 is 0. The average Bonchev–Trinajstić information content (AvgIpc) is 3.15. The molecule has 0 aliphatic heterocycles. The summed E-state index contributed by atoms with van der Waals surface area (Å²) in [7, 11) is 0. The number of aliphatic imine (C=N–C) groups is 2. The van der Waals surface area contributed by atoms with Crippen molar-refractivity contribution >= 4 is 12.4 Å². The van der Waals surface area contributed by atoms with Crippen LogP contribution in [0.25, 0.3) is 5.69 Å². The molecule has 0 spiro atoms. The third-order valence-electron chi connectivity index (χ3n) is 3.54. The van der Waals surface area contributed by atoms with Crippen LogP contribution in [-0.2, 0) is 0 Å². The third kappa shape index (κ3) is 4.32. The van der Waals surface area contributed by atoms with Gasteiger partial charge in [-0.15, -0.1) is 0 Å². The standard InChI is InChI=1S/C19H18N4O2/c24-18-5-2-1-4-15(18)13-20-9-10-21-14-16-6-7-17(12-19(16)25)23-11-3-8-22-23/h1-8,11-14,24-25H,9-10H2. The molecular formula is C19H18N4O2. The van der Waals surface area contributed by atoms with E-state index >= 15 is 0 Å². The van der Waals surface area contributed by atoms with Gasteiger partial charge in [0, 0.05) is 42.0 Å². The number of nitrogens with zero attached hydrogens (tertiary/aromatic N) is 4. The van der Waals surface area contributed by atoms with Crippen molar-refractivity contribution in [3.05, 3.63) is 72.1 Å². The number of aromatic hydroxyl groups is 2. The van der Waals surface area contributed by atoms with Crippen LogP contribution in [0.3, 0.4) is 0 Å². The number of aromatic nitrogens is 2. The number of rotatable bonds is 6. The van der Waals surface area contributed by atoms with Crippen molar-refractivity contribution in [3.63, 3.8) is 0 Å². The minimum atomic E-state index is 0.148. The molecule has 0 aliphatic rings. The lowest BCUT2D eigenvalue weighted by Gasteiger charge is -2.04. The van der Waals surface area contributed by atoms with E-state index < -0.39 is 0 Å². The lowest BCUT2D eigenvalue weighted by Crippen LogP contribution is -1.95. The van der Waals surface area contributed by atoms with Crippen molar-refractivity contribution in [3.8, 4) is 17.2 Å². The van der Waals surface area contributed by atoms with Gasteiger partial charge in [0.25, 0.3) is 0 Å². The lowest BCUT2D eigenvalue weighted by atomic mass is 10.2. The highest BCUT2D eigenvalue weighted by Crippen LogP contribution is 2.19. The number of para-hydroxylation sites is 1. The van der Waals surface area contributed by atoms with Gasteiger partial charge in [-0.2, -0.15) is 5.10 Å². The van der Waals surface area contributed by atoms with Gasteiger partial charge in [-0.25, -0.2) is 4.68 Å². The van der Waals surface area contributed by atoms with Gasteiger partial charge in [0.15, 0.2) is 0 Å². The van der Waals surface area contributed by atoms with E-state index in [0.717, 1.165) is 5.69 Å². The summed E-state index contributed by atoms with van der Waals surface area (Å²) in [5.74, 6) is 0.353. The molecule has 0 atom stereocenters. The summed E-state index contributed by atoms with van der Waals surface area (Å²) in [4.78, 5) is 8.50. The van der Waals surface area contributed by atoms with Crippen LogP contribution >= 0.6 is 0 Å². The molecule has 3 aromatic rings. The molecule has 0 unspecified atom stereocenters. The fraction of sp³-hybridized carbons (Fsp3) is 0.105. The molecule has 0 saturated heterocycles. The third-order valence-corrected chi connectivity index (χ3v) is 3.54. The Morgan fingerprint density at radius 3 is 2.24 bits per heavy atom. The van der Waals surface area contributed by atoms with Gasteiger partial charge in [0.05, 0.1) is 18.8 Å². The van der Waals surface area contributed by atoms with Crippen molar-refractivity contribution < 1.29 is 10.2 Å². The fourth-order valence-corrected chi connectivity index (χ4v) is 2.24. The van der Waals surface area contributed by atoms with Crippen LogP contribution in [0.5, 0.6) is 11.5 Å². The molecule has 6 heteroatoms. The normalized spacial score (nSPS) is 11.5. The molecule has 0 bridgehead atoms. The minimum Gasteiger partial charge on any atom is -0.507 e. The van der Waals surface area contributed by atoms with Gasteiger partial charge in [-0.05, 0) is 30.3 Å². The second kappa shape index (κ2) is 7.92. The maximum absolute atomic E-state index is 10.1. The SMILES string of the molecule is Oc1ccccc1C=NCCN=Cc1ccc(-n2cccn2)cc1O. The Bertz CT molecular complexity index is 886. The second-order valence-electron chi connectivity index (χ2n) is 5.32. The molecule has 25 heavy (non-hydrogen) atoms. The molecule has 1 aromatic heterocycles. The van der Waals surface area contributed by atoms with E-state index in [0.29, 0.717) is 24.2 Å². The van der Waals surface area contributed by atoms with Crippen LogP contribution in [-0.4, -0.2) is 45.5 Å². The van der Waals surface area contributed by atoms with Crippen LogP contribution in [0, 0.1) is 0 Å². The number of hydrogen-bond acceptors (Lipinski definition) is 5. The largest absolute Gasteiger partial charge is 0.507 e. The number of hydrogen-bond donors (Lipinski definition) is 2. The van der Waals surface area contributed by atoms with Crippen LogP contribution < -0.4 is 0 Å². The van der Waals surface area contributed by atoms with E-state index in [1.807, 2.05) is 24.4 Å². The first kappa shape index (κ1) is 16.4. The zero-order valence-corrected chi connectivity index (χ0v) is 13.5. The summed E-state index contributed by atoms with van der Waals surface area (Å²) in [6.07, 6.45) is 6.74. The highest BCUT2D eigenvalue weighted by Gasteiger charge is 2.02. The number of benzene rings is 2. The molecule has 2 N–H and O–H groups in total. The predicted octanol–water partition coefficient (Wildman–Crippen LogP) is 2.82. The predicted molar refractivity (Wildman–Crippen MR) is 98.3 cm³/mol. The van der Waals surface area contributed by atoms with E-state index in [1.165, 1.54) is 0 Å². The summed E-state index contributed by atoms with van der Waals surface area (Å²) in [6.45, 7) is 0.988. The van der Waals surface area contributed by atoms with Gasteiger partial charge in [0.2, 0.25) is 0 Å². The van der Waals surface area contributed by atoms with Crippen molar-refractivity contribution in [1.82, 2.24) is 9.78 Å². The topological polar surface area (TPSA) is 83.0 Å².